The molecule has 0 amide bonds. The lowest BCUT2D eigenvalue weighted by molar-refractivity contribution is -0.917. The van der Waals surface area contributed by atoms with Gasteiger partial charge in [0.2, 0.25) is 6.79 Å². The van der Waals surface area contributed by atoms with E-state index in [2.05, 4.69) is 17.0 Å². The van der Waals surface area contributed by atoms with Crippen molar-refractivity contribution in [3.8, 4) is 11.5 Å². The highest BCUT2D eigenvalue weighted by molar-refractivity contribution is 6.39. The van der Waals surface area contributed by atoms with Crippen molar-refractivity contribution in [2.45, 2.75) is 13.5 Å². The second-order valence-corrected chi connectivity index (χ2v) is 7.77. The first kappa shape index (κ1) is 17.9. The molecule has 2 heterocycles. The van der Waals surface area contributed by atoms with E-state index in [9.17, 15) is 9.59 Å². The first-order valence-electron chi connectivity index (χ1n) is 9.98. The molecule has 0 radical (unpaired) electrons. The molecule has 0 aromatic heterocycles. The molecule has 0 saturated carbocycles. The number of piperazine rings is 1. The summed E-state index contributed by atoms with van der Waals surface area (Å²) >= 11 is 0. The van der Waals surface area contributed by atoms with E-state index in [1.54, 1.807) is 24.3 Å². The third-order valence-corrected chi connectivity index (χ3v) is 6.07. The standard InChI is InChI=1S/C23H22N2O4/c1-15(21-22(26)17-4-2-3-5-18(17)23(21)27)25-10-8-24(9-11-25)13-16-6-7-19-20(12-16)29-14-28-19/h2-7,12H,8-11,13-14H2,1H3/p+1. The number of carbonyl (C=O) groups is 2. The van der Waals surface area contributed by atoms with Gasteiger partial charge in [-0.1, -0.05) is 24.3 Å². The molecule has 2 aromatic rings. The van der Waals surface area contributed by atoms with Gasteiger partial charge >= 0.3 is 0 Å². The van der Waals surface area contributed by atoms with Crippen molar-refractivity contribution in [3.05, 3.63) is 70.4 Å². The van der Waals surface area contributed by atoms with Gasteiger partial charge in [0.25, 0.3) is 0 Å². The molecular weight excluding hydrogens is 368 g/mol. The Morgan fingerprint density at radius 2 is 1.62 bits per heavy atom. The molecule has 29 heavy (non-hydrogen) atoms. The van der Waals surface area contributed by atoms with Crippen molar-refractivity contribution in [1.29, 1.82) is 0 Å². The molecule has 0 unspecified atom stereocenters. The number of nitrogens with one attached hydrogen (secondary N) is 1. The number of ether oxygens (including phenoxy) is 2. The summed E-state index contributed by atoms with van der Waals surface area (Å²) in [6.07, 6.45) is 0. The van der Waals surface area contributed by atoms with E-state index in [-0.39, 0.29) is 11.6 Å². The van der Waals surface area contributed by atoms with Crippen LogP contribution in [0.3, 0.4) is 0 Å². The average Bonchev–Trinajstić information content (AvgIpc) is 3.31. The monoisotopic (exact) mass is 391 g/mol. The summed E-state index contributed by atoms with van der Waals surface area (Å²) in [6.45, 7) is 6.67. The van der Waals surface area contributed by atoms with Crippen molar-refractivity contribution in [2.75, 3.05) is 33.0 Å². The smallest absolute Gasteiger partial charge is 0.231 e. The number of hydrogen-bond donors (Lipinski definition) is 1. The van der Waals surface area contributed by atoms with Crippen LogP contribution in [0, 0.1) is 0 Å². The highest BCUT2D eigenvalue weighted by Crippen LogP contribution is 2.32. The van der Waals surface area contributed by atoms with E-state index in [0.29, 0.717) is 23.5 Å². The summed E-state index contributed by atoms with van der Waals surface area (Å²) in [5.74, 6) is 1.35. The number of benzene rings is 2. The van der Waals surface area contributed by atoms with Crippen LogP contribution in [0.2, 0.25) is 0 Å². The number of ketones is 2. The Morgan fingerprint density at radius 1 is 0.966 bits per heavy atom. The van der Waals surface area contributed by atoms with Crippen molar-refractivity contribution in [2.24, 2.45) is 0 Å². The lowest BCUT2D eigenvalue weighted by Gasteiger charge is -2.34. The lowest BCUT2D eigenvalue weighted by atomic mass is 10.1. The maximum absolute atomic E-state index is 12.8. The highest BCUT2D eigenvalue weighted by Gasteiger charge is 2.36. The summed E-state index contributed by atoms with van der Waals surface area (Å²) < 4.78 is 10.8. The normalized spacial score (nSPS) is 18.4. The van der Waals surface area contributed by atoms with Crippen LogP contribution >= 0.6 is 0 Å². The molecule has 1 aliphatic carbocycles. The topological polar surface area (TPSA) is 60.3 Å². The highest BCUT2D eigenvalue weighted by atomic mass is 16.7. The first-order chi connectivity index (χ1) is 14.1. The van der Waals surface area contributed by atoms with Gasteiger partial charge in [0.05, 0.1) is 31.8 Å². The van der Waals surface area contributed by atoms with E-state index in [1.807, 2.05) is 13.0 Å². The Labute approximate surface area is 169 Å². The first-order valence-corrected chi connectivity index (χ1v) is 9.98. The van der Waals surface area contributed by atoms with Crippen LogP contribution in [0.1, 0.15) is 33.2 Å². The maximum Gasteiger partial charge on any atom is 0.231 e. The fourth-order valence-electron chi connectivity index (χ4n) is 4.41. The maximum atomic E-state index is 12.8. The largest absolute Gasteiger partial charge is 0.454 e. The summed E-state index contributed by atoms with van der Waals surface area (Å²) in [7, 11) is 0. The molecule has 5 rings (SSSR count). The molecule has 0 spiro atoms. The molecule has 148 valence electrons. The molecular formula is C23H23N2O4+. The fraction of sp³-hybridized carbons (Fsp3) is 0.304. The predicted octanol–water partition coefficient (Wildman–Crippen LogP) is 1.47. The van der Waals surface area contributed by atoms with E-state index in [0.717, 1.165) is 49.9 Å². The third-order valence-electron chi connectivity index (χ3n) is 6.07. The van der Waals surface area contributed by atoms with Gasteiger partial charge in [-0.15, -0.1) is 0 Å². The number of nitrogens with zero attached hydrogens (tertiary/aromatic N) is 1. The van der Waals surface area contributed by atoms with E-state index >= 15 is 0 Å². The zero-order chi connectivity index (χ0) is 20.0. The van der Waals surface area contributed by atoms with Gasteiger partial charge in [0.15, 0.2) is 23.1 Å². The summed E-state index contributed by atoms with van der Waals surface area (Å²) in [6, 6.07) is 13.2. The van der Waals surface area contributed by atoms with Crippen LogP contribution < -0.4 is 14.4 Å². The Hall–Kier alpha value is -3.12. The van der Waals surface area contributed by atoms with Gasteiger partial charge < -0.3 is 19.3 Å². The van der Waals surface area contributed by atoms with Crippen molar-refractivity contribution in [1.82, 2.24) is 4.90 Å². The van der Waals surface area contributed by atoms with Crippen molar-refractivity contribution in [3.63, 3.8) is 0 Å². The second-order valence-electron chi connectivity index (χ2n) is 7.77. The quantitative estimate of drug-likeness (QED) is 0.634. The summed E-state index contributed by atoms with van der Waals surface area (Å²) in [4.78, 5) is 29.2. The summed E-state index contributed by atoms with van der Waals surface area (Å²) in [5.41, 5.74) is 3.42. The molecule has 0 atom stereocenters. The zero-order valence-corrected chi connectivity index (χ0v) is 16.4. The molecule has 6 heteroatoms. The van der Waals surface area contributed by atoms with Crippen LogP contribution in [0.15, 0.2) is 53.7 Å². The molecule has 1 saturated heterocycles. The molecule has 3 aliphatic rings. The number of fused-ring (bicyclic) bond motifs is 2. The van der Waals surface area contributed by atoms with E-state index in [4.69, 9.17) is 9.47 Å². The van der Waals surface area contributed by atoms with Crippen molar-refractivity contribution >= 4 is 11.6 Å². The van der Waals surface area contributed by atoms with Crippen molar-refractivity contribution < 1.29 is 24.0 Å². The lowest BCUT2D eigenvalue weighted by Crippen LogP contribution is -3.13. The van der Waals surface area contributed by atoms with Crippen LogP contribution in [-0.4, -0.2) is 49.4 Å². The molecule has 0 bridgehead atoms. The Balaban J connectivity index is 1.27. The number of rotatable bonds is 3. The molecule has 2 aliphatic heterocycles. The van der Waals surface area contributed by atoms with Gasteiger partial charge in [-0.05, 0) is 25.1 Å². The van der Waals surface area contributed by atoms with E-state index < -0.39 is 0 Å². The minimum atomic E-state index is -0.141. The Kier molecular flexibility index (Phi) is 4.36. The number of hydrogen-bond acceptors (Lipinski definition) is 5. The molecule has 2 aromatic carbocycles. The molecule has 1 fully saturated rings. The Bertz CT molecular complexity index is 998. The third kappa shape index (κ3) is 3.09. The van der Waals surface area contributed by atoms with E-state index in [1.165, 1.54) is 10.5 Å². The van der Waals surface area contributed by atoms with Gasteiger partial charge in [-0.2, -0.15) is 0 Å². The predicted molar refractivity (Wildman–Crippen MR) is 106 cm³/mol. The number of quaternary nitrogens is 1. The fourth-order valence-corrected chi connectivity index (χ4v) is 4.41. The minimum Gasteiger partial charge on any atom is -0.454 e. The Morgan fingerprint density at radius 3 is 2.31 bits per heavy atom. The van der Waals surface area contributed by atoms with Gasteiger partial charge in [-0.25, -0.2) is 0 Å². The van der Waals surface area contributed by atoms with Crippen LogP contribution in [0.25, 0.3) is 0 Å². The molecule has 1 N–H and O–H groups in total. The van der Waals surface area contributed by atoms with Gasteiger partial charge in [0, 0.05) is 22.4 Å². The van der Waals surface area contributed by atoms with Gasteiger partial charge in [0.1, 0.15) is 6.54 Å². The minimum absolute atomic E-state index is 0.141. The number of carbonyl (C=O) groups excluding carboxylic acids is 2. The number of allylic oxidation sites excluding steroid dienone is 2. The zero-order valence-electron chi connectivity index (χ0n) is 16.4. The summed E-state index contributed by atoms with van der Waals surface area (Å²) in [5, 5.41) is 0. The van der Waals surface area contributed by atoms with Crippen LogP contribution in [0.4, 0.5) is 0 Å². The average molecular weight is 391 g/mol. The second kappa shape index (κ2) is 7.04. The van der Waals surface area contributed by atoms with Crippen LogP contribution in [0.5, 0.6) is 11.5 Å². The number of Topliss-reactive ketones (excluding diaryl/α,β-unsaturated/α-hetero) is 2. The van der Waals surface area contributed by atoms with Crippen LogP contribution in [-0.2, 0) is 6.54 Å². The molecule has 6 nitrogen and oxygen atoms in total. The SMILES string of the molecule is CC(=C1C(=O)c2ccccc2C1=O)N1CC[NH+](Cc2ccc3c(c2)OCO3)CC1. The van der Waals surface area contributed by atoms with Gasteiger partial charge in [-0.3, -0.25) is 9.59 Å².